The number of unbranched alkanes of at least 4 members (excludes halogenated alkanes) is 2. The maximum absolute atomic E-state index is 14.9. The Morgan fingerprint density at radius 1 is 0.730 bits per heavy atom. The molecule has 37 heavy (non-hydrogen) atoms. The molecule has 0 aromatic heterocycles. The van der Waals surface area contributed by atoms with Crippen LogP contribution in [-0.2, 0) is 12.8 Å². The average Bonchev–Trinajstić information content (AvgIpc) is 2.91. The maximum atomic E-state index is 14.9. The Morgan fingerprint density at radius 2 is 1.46 bits per heavy atom. The van der Waals surface area contributed by atoms with E-state index < -0.39 is 11.6 Å². The quantitative estimate of drug-likeness (QED) is 0.241. The number of aryl methyl sites for hydroxylation is 2. The summed E-state index contributed by atoms with van der Waals surface area (Å²) in [6.07, 6.45) is 13.8. The van der Waals surface area contributed by atoms with E-state index in [0.29, 0.717) is 11.5 Å². The molecule has 0 aliphatic heterocycles. The molecular formula is C34H39F3. The van der Waals surface area contributed by atoms with E-state index in [2.05, 4.69) is 19.9 Å². The summed E-state index contributed by atoms with van der Waals surface area (Å²) in [5, 5.41) is 0. The second-order valence-corrected chi connectivity index (χ2v) is 10.6. The molecule has 3 aromatic rings. The van der Waals surface area contributed by atoms with E-state index in [4.69, 9.17) is 0 Å². The van der Waals surface area contributed by atoms with Crippen LogP contribution in [0.1, 0.15) is 93.4 Å². The van der Waals surface area contributed by atoms with Crippen LogP contribution in [-0.4, -0.2) is 0 Å². The lowest BCUT2D eigenvalue weighted by molar-refractivity contribution is 0.369. The maximum Gasteiger partial charge on any atom is 0.167 e. The van der Waals surface area contributed by atoms with E-state index >= 15 is 0 Å². The Morgan fingerprint density at radius 3 is 2.14 bits per heavy atom. The smallest absolute Gasteiger partial charge is 0.167 e. The van der Waals surface area contributed by atoms with Crippen LogP contribution < -0.4 is 0 Å². The summed E-state index contributed by atoms with van der Waals surface area (Å²) in [6.45, 7) is 4.29. The molecule has 0 atom stereocenters. The Kier molecular flexibility index (Phi) is 9.66. The minimum atomic E-state index is -0.804. The molecule has 1 fully saturated rings. The molecule has 0 unspecified atom stereocenters. The first-order valence-electron chi connectivity index (χ1n) is 14.0. The molecule has 3 aromatic carbocycles. The Bertz CT molecular complexity index is 1180. The fraction of sp³-hybridized carbons (Fsp3) is 0.412. The van der Waals surface area contributed by atoms with Crippen molar-refractivity contribution in [2.75, 3.05) is 0 Å². The van der Waals surface area contributed by atoms with Gasteiger partial charge >= 0.3 is 0 Å². The van der Waals surface area contributed by atoms with Crippen molar-refractivity contribution in [2.45, 2.75) is 84.0 Å². The number of allylic oxidation sites excluding steroid dienone is 1. The third-order valence-corrected chi connectivity index (χ3v) is 7.81. The lowest BCUT2D eigenvalue weighted by atomic mass is 9.78. The lowest BCUT2D eigenvalue weighted by Crippen LogP contribution is -2.13. The summed E-state index contributed by atoms with van der Waals surface area (Å²) in [6, 6.07) is 16.8. The summed E-state index contributed by atoms with van der Waals surface area (Å²) in [4.78, 5) is 0. The fourth-order valence-corrected chi connectivity index (χ4v) is 5.55. The molecule has 3 heteroatoms. The van der Waals surface area contributed by atoms with Crippen molar-refractivity contribution in [3.63, 3.8) is 0 Å². The van der Waals surface area contributed by atoms with Crippen LogP contribution >= 0.6 is 0 Å². The highest BCUT2D eigenvalue weighted by Gasteiger charge is 2.23. The van der Waals surface area contributed by atoms with Gasteiger partial charge in [0.1, 0.15) is 5.82 Å². The SMILES string of the molecule is CCCCCc1ccc(C2CCC(/C=C/c3ccc(-c4ccc(CCC)cc4)c(F)c3F)CC2)c(F)c1. The first kappa shape index (κ1) is 27.2. The van der Waals surface area contributed by atoms with Crippen LogP contribution in [0.25, 0.3) is 17.2 Å². The monoisotopic (exact) mass is 504 g/mol. The first-order valence-corrected chi connectivity index (χ1v) is 14.0. The van der Waals surface area contributed by atoms with E-state index in [-0.39, 0.29) is 22.9 Å². The number of halogens is 3. The number of hydrogen-bond acceptors (Lipinski definition) is 0. The second kappa shape index (κ2) is 13.1. The van der Waals surface area contributed by atoms with Gasteiger partial charge in [0.15, 0.2) is 11.6 Å². The van der Waals surface area contributed by atoms with Crippen LogP contribution in [0.5, 0.6) is 0 Å². The third-order valence-electron chi connectivity index (χ3n) is 7.81. The van der Waals surface area contributed by atoms with Crippen molar-refractivity contribution in [1.29, 1.82) is 0 Å². The van der Waals surface area contributed by atoms with Crippen LogP contribution in [0.2, 0.25) is 0 Å². The van der Waals surface area contributed by atoms with E-state index in [0.717, 1.165) is 62.5 Å². The van der Waals surface area contributed by atoms with Crippen molar-refractivity contribution in [3.05, 3.63) is 100 Å². The average molecular weight is 505 g/mol. The van der Waals surface area contributed by atoms with Crippen LogP contribution in [0.15, 0.2) is 60.7 Å². The Hall–Kier alpha value is -2.81. The fourth-order valence-electron chi connectivity index (χ4n) is 5.55. The van der Waals surface area contributed by atoms with Gasteiger partial charge in [0.25, 0.3) is 0 Å². The summed E-state index contributed by atoms with van der Waals surface area (Å²) in [5.41, 5.74) is 4.36. The van der Waals surface area contributed by atoms with Crippen molar-refractivity contribution in [2.24, 2.45) is 5.92 Å². The van der Waals surface area contributed by atoms with E-state index in [1.165, 1.54) is 18.4 Å². The molecule has 1 aliphatic rings. The van der Waals surface area contributed by atoms with Crippen molar-refractivity contribution in [3.8, 4) is 11.1 Å². The predicted molar refractivity (Wildman–Crippen MR) is 149 cm³/mol. The van der Waals surface area contributed by atoms with E-state index in [1.54, 1.807) is 24.3 Å². The molecule has 4 rings (SSSR count). The van der Waals surface area contributed by atoms with Gasteiger partial charge in [-0.3, -0.25) is 0 Å². The summed E-state index contributed by atoms with van der Waals surface area (Å²) in [5.74, 6) is -1.16. The van der Waals surface area contributed by atoms with Crippen molar-refractivity contribution < 1.29 is 13.2 Å². The number of benzene rings is 3. The highest BCUT2D eigenvalue weighted by molar-refractivity contribution is 5.67. The van der Waals surface area contributed by atoms with Crippen LogP contribution in [0.3, 0.4) is 0 Å². The molecule has 0 nitrogen and oxygen atoms in total. The summed E-state index contributed by atoms with van der Waals surface area (Å²) < 4.78 is 44.6. The van der Waals surface area contributed by atoms with Crippen LogP contribution in [0.4, 0.5) is 13.2 Å². The summed E-state index contributed by atoms with van der Waals surface area (Å²) >= 11 is 0. The molecule has 1 aliphatic carbocycles. The molecule has 0 amide bonds. The molecule has 0 bridgehead atoms. The van der Waals surface area contributed by atoms with E-state index in [1.807, 2.05) is 36.4 Å². The van der Waals surface area contributed by atoms with Gasteiger partial charge in [0.05, 0.1) is 0 Å². The van der Waals surface area contributed by atoms with Crippen LogP contribution in [0, 0.1) is 23.4 Å². The highest BCUT2D eigenvalue weighted by Crippen LogP contribution is 2.38. The van der Waals surface area contributed by atoms with Crippen molar-refractivity contribution in [1.82, 2.24) is 0 Å². The zero-order valence-corrected chi connectivity index (χ0v) is 22.2. The van der Waals surface area contributed by atoms with Gasteiger partial charge in [-0.05, 0) is 85.1 Å². The van der Waals surface area contributed by atoms with Gasteiger partial charge in [0.2, 0.25) is 0 Å². The standard InChI is InChI=1S/C34H39F3/c1-3-5-6-8-26-14-21-30(32(35)23-26)27-15-11-25(12-16-27)13-19-29-20-22-31(34(37)33(29)36)28-17-9-24(7-4-2)10-18-28/h9-10,13-14,17-23,25,27H,3-8,11-12,15-16H2,1-2H3/b19-13+. The van der Waals surface area contributed by atoms with Gasteiger partial charge in [-0.25, -0.2) is 13.2 Å². The molecular weight excluding hydrogens is 465 g/mol. The zero-order chi connectivity index (χ0) is 26.2. The van der Waals surface area contributed by atoms with Gasteiger partial charge in [-0.15, -0.1) is 0 Å². The molecule has 0 spiro atoms. The molecule has 1 saturated carbocycles. The van der Waals surface area contributed by atoms with Gasteiger partial charge in [-0.1, -0.05) is 93.8 Å². The molecule has 0 heterocycles. The minimum absolute atomic E-state index is 0.0781. The molecule has 0 radical (unpaired) electrons. The number of rotatable bonds is 10. The zero-order valence-electron chi connectivity index (χ0n) is 22.2. The van der Waals surface area contributed by atoms with Gasteiger partial charge < -0.3 is 0 Å². The summed E-state index contributed by atoms with van der Waals surface area (Å²) in [7, 11) is 0. The second-order valence-electron chi connectivity index (χ2n) is 10.6. The number of hydrogen-bond donors (Lipinski definition) is 0. The molecule has 0 saturated heterocycles. The molecule has 0 N–H and O–H groups in total. The first-order chi connectivity index (χ1) is 18.0. The Labute approximate surface area is 220 Å². The minimum Gasteiger partial charge on any atom is -0.207 e. The largest absolute Gasteiger partial charge is 0.207 e. The van der Waals surface area contributed by atoms with Gasteiger partial charge in [0, 0.05) is 11.1 Å². The van der Waals surface area contributed by atoms with Crippen molar-refractivity contribution >= 4 is 6.08 Å². The van der Waals surface area contributed by atoms with Gasteiger partial charge in [-0.2, -0.15) is 0 Å². The lowest BCUT2D eigenvalue weighted by Gasteiger charge is -2.27. The Balaban J connectivity index is 1.36. The third kappa shape index (κ3) is 6.94. The predicted octanol–water partition coefficient (Wildman–Crippen LogP) is 10.4. The molecule has 196 valence electrons. The normalized spacial score (nSPS) is 18.0. The highest BCUT2D eigenvalue weighted by atomic mass is 19.2. The van der Waals surface area contributed by atoms with E-state index in [9.17, 15) is 13.2 Å². The topological polar surface area (TPSA) is 0 Å².